The van der Waals surface area contributed by atoms with Gasteiger partial charge in [0.25, 0.3) is 0 Å². The molecule has 7 heteroatoms. The molecule has 0 aromatic heterocycles. The van der Waals surface area contributed by atoms with E-state index >= 15 is 0 Å². The number of nitrogens with one attached hydrogen (secondary N) is 1. The van der Waals surface area contributed by atoms with Crippen molar-refractivity contribution in [1.29, 1.82) is 0 Å². The zero-order valence-corrected chi connectivity index (χ0v) is 14.3. The average Bonchev–Trinajstić information content (AvgIpc) is 2.60. The molecule has 6 N–H and O–H groups in total. The maximum Gasteiger partial charge on any atom is 0.336 e. The van der Waals surface area contributed by atoms with Gasteiger partial charge >= 0.3 is 5.97 Å². The minimum atomic E-state index is -1.11. The molecule has 0 fully saturated rings. The molecule has 0 saturated carbocycles. The zero-order valence-electron chi connectivity index (χ0n) is 14.3. The summed E-state index contributed by atoms with van der Waals surface area (Å²) in [4.78, 5) is 26.7. The van der Waals surface area contributed by atoms with Gasteiger partial charge in [0.05, 0.1) is 16.9 Å². The second kappa shape index (κ2) is 8.48. The number of aryl methyl sites for hydroxylation is 1. The van der Waals surface area contributed by atoms with Crippen LogP contribution in [0.2, 0.25) is 0 Å². The van der Waals surface area contributed by atoms with Gasteiger partial charge in [0, 0.05) is 0 Å². The molecular formula is C19H20N4O3. The minimum Gasteiger partial charge on any atom is -0.478 e. The van der Waals surface area contributed by atoms with Crippen LogP contribution in [0.5, 0.6) is 0 Å². The predicted octanol–water partition coefficient (Wildman–Crippen LogP) is 2.35. The normalized spacial score (nSPS) is 10.9. The van der Waals surface area contributed by atoms with E-state index in [1.165, 1.54) is 6.08 Å². The van der Waals surface area contributed by atoms with E-state index in [9.17, 15) is 14.7 Å². The highest BCUT2D eigenvalue weighted by atomic mass is 16.4. The summed E-state index contributed by atoms with van der Waals surface area (Å²) in [7, 11) is 0. The fraction of sp³-hybridized carbons (Fsp3) is 0.105. The Morgan fingerprint density at radius 2 is 1.96 bits per heavy atom. The molecule has 0 bridgehead atoms. The molecule has 134 valence electrons. The monoisotopic (exact) mass is 352 g/mol. The Bertz CT molecular complexity index is 884. The van der Waals surface area contributed by atoms with Crippen molar-refractivity contribution in [3.63, 3.8) is 0 Å². The lowest BCUT2D eigenvalue weighted by Gasteiger charge is -2.11. The van der Waals surface area contributed by atoms with E-state index < -0.39 is 5.97 Å². The Hall–Kier alpha value is -3.61. The summed E-state index contributed by atoms with van der Waals surface area (Å²) >= 11 is 0. The van der Waals surface area contributed by atoms with Gasteiger partial charge in [0.2, 0.25) is 6.41 Å². The Morgan fingerprint density at radius 1 is 1.23 bits per heavy atom. The number of benzene rings is 2. The molecular weight excluding hydrogens is 332 g/mol. The lowest BCUT2D eigenvalue weighted by atomic mass is 9.99. The summed E-state index contributed by atoms with van der Waals surface area (Å²) in [6, 6.07) is 12.0. The highest BCUT2D eigenvalue weighted by molar-refractivity contribution is 6.21. The number of anilines is 1. The lowest BCUT2D eigenvalue weighted by Crippen LogP contribution is -2.21. The number of guanidine groups is 1. The fourth-order valence-electron chi connectivity index (χ4n) is 2.59. The van der Waals surface area contributed by atoms with Crippen LogP contribution < -0.4 is 16.8 Å². The molecule has 0 aliphatic rings. The Balaban J connectivity index is 2.60. The Kier molecular flexibility index (Phi) is 6.10. The van der Waals surface area contributed by atoms with Crippen molar-refractivity contribution in [2.45, 2.75) is 13.3 Å². The number of carbonyl (C=O) groups is 2. The number of nitrogens with zero attached hydrogens (tertiary/aromatic N) is 1. The highest BCUT2D eigenvalue weighted by Crippen LogP contribution is 2.28. The molecule has 0 radical (unpaired) electrons. The predicted molar refractivity (Wildman–Crippen MR) is 103 cm³/mol. The third-order valence-electron chi connectivity index (χ3n) is 3.71. The van der Waals surface area contributed by atoms with Gasteiger partial charge < -0.3 is 21.9 Å². The maximum atomic E-state index is 11.8. The SMILES string of the molecule is CCc1cccc(C=C(C(=O)O)c2cccc(N=C(N)N)c2)c1NC=O. The van der Waals surface area contributed by atoms with Crippen LogP contribution in [0, 0.1) is 0 Å². The van der Waals surface area contributed by atoms with Crippen LogP contribution in [0.15, 0.2) is 47.5 Å². The number of para-hydroxylation sites is 1. The second-order valence-corrected chi connectivity index (χ2v) is 5.45. The topological polar surface area (TPSA) is 131 Å². The molecule has 0 spiro atoms. The maximum absolute atomic E-state index is 11.8. The average molecular weight is 352 g/mol. The highest BCUT2D eigenvalue weighted by Gasteiger charge is 2.13. The quantitative estimate of drug-likeness (QED) is 0.200. The molecule has 0 aliphatic heterocycles. The van der Waals surface area contributed by atoms with Gasteiger partial charge in [-0.1, -0.05) is 37.3 Å². The van der Waals surface area contributed by atoms with Crippen molar-refractivity contribution in [2.75, 3.05) is 5.32 Å². The molecule has 0 heterocycles. The number of carboxylic acid groups (broad SMARTS) is 1. The summed E-state index contributed by atoms with van der Waals surface area (Å²) in [6.07, 6.45) is 2.79. The number of aliphatic imine (C=N–C) groups is 1. The number of hydrogen-bond donors (Lipinski definition) is 4. The van der Waals surface area contributed by atoms with Crippen LogP contribution in [0.25, 0.3) is 11.6 Å². The van der Waals surface area contributed by atoms with Crippen molar-refractivity contribution in [1.82, 2.24) is 0 Å². The van der Waals surface area contributed by atoms with Gasteiger partial charge in [-0.3, -0.25) is 4.79 Å². The van der Waals surface area contributed by atoms with Gasteiger partial charge in [-0.2, -0.15) is 0 Å². The van der Waals surface area contributed by atoms with Gasteiger partial charge in [-0.15, -0.1) is 0 Å². The molecule has 2 aromatic carbocycles. The molecule has 2 rings (SSSR count). The molecule has 0 saturated heterocycles. The first kappa shape index (κ1) is 18.7. The fourth-order valence-corrected chi connectivity index (χ4v) is 2.59. The summed E-state index contributed by atoms with van der Waals surface area (Å²) in [5.74, 6) is -1.22. The number of amides is 1. The van der Waals surface area contributed by atoms with Crippen molar-refractivity contribution < 1.29 is 14.7 Å². The van der Waals surface area contributed by atoms with Crippen molar-refractivity contribution in [2.24, 2.45) is 16.5 Å². The molecule has 0 aliphatic carbocycles. The smallest absolute Gasteiger partial charge is 0.336 e. The van der Waals surface area contributed by atoms with Crippen LogP contribution in [-0.2, 0) is 16.0 Å². The van der Waals surface area contributed by atoms with E-state index in [1.807, 2.05) is 19.1 Å². The molecule has 26 heavy (non-hydrogen) atoms. The largest absolute Gasteiger partial charge is 0.478 e. The Morgan fingerprint density at radius 3 is 2.58 bits per heavy atom. The Labute approximate surface area is 151 Å². The van der Waals surface area contributed by atoms with Gasteiger partial charge in [-0.25, -0.2) is 9.79 Å². The van der Waals surface area contributed by atoms with Crippen molar-refractivity contribution >= 4 is 41.4 Å². The van der Waals surface area contributed by atoms with Gasteiger partial charge in [0.15, 0.2) is 5.96 Å². The van der Waals surface area contributed by atoms with E-state index in [2.05, 4.69) is 10.3 Å². The van der Waals surface area contributed by atoms with Crippen LogP contribution in [0.3, 0.4) is 0 Å². The number of aliphatic carboxylic acids is 1. The van der Waals surface area contributed by atoms with E-state index in [-0.39, 0.29) is 11.5 Å². The molecule has 0 unspecified atom stereocenters. The number of carboxylic acids is 1. The third-order valence-corrected chi connectivity index (χ3v) is 3.71. The number of carbonyl (C=O) groups excluding carboxylic acids is 1. The van der Waals surface area contributed by atoms with Gasteiger partial charge in [0.1, 0.15) is 0 Å². The van der Waals surface area contributed by atoms with Crippen molar-refractivity contribution in [3.8, 4) is 0 Å². The molecule has 2 aromatic rings. The number of rotatable bonds is 7. The second-order valence-electron chi connectivity index (χ2n) is 5.45. The number of hydrogen-bond acceptors (Lipinski definition) is 3. The number of nitrogens with two attached hydrogens (primary N) is 2. The standard InChI is InChI=1S/C19H20N4O3/c1-2-12-5-3-7-14(17(12)22-11-24)10-16(18(25)26)13-6-4-8-15(9-13)23-19(20)21/h3-11H,2H2,1H3,(H,22,24)(H,25,26)(H4,20,21,23). The lowest BCUT2D eigenvalue weighted by molar-refractivity contribution is -0.130. The van der Waals surface area contributed by atoms with Crippen LogP contribution in [0.4, 0.5) is 11.4 Å². The summed E-state index contributed by atoms with van der Waals surface area (Å²) in [5, 5.41) is 12.3. The first-order valence-corrected chi connectivity index (χ1v) is 7.93. The van der Waals surface area contributed by atoms with Gasteiger partial charge in [-0.05, 0) is 41.3 Å². The van der Waals surface area contributed by atoms with Crippen LogP contribution in [-0.4, -0.2) is 23.4 Å². The van der Waals surface area contributed by atoms with E-state index in [0.29, 0.717) is 35.3 Å². The molecule has 7 nitrogen and oxygen atoms in total. The zero-order chi connectivity index (χ0) is 19.1. The first-order chi connectivity index (χ1) is 12.5. The summed E-state index contributed by atoms with van der Waals surface area (Å²) < 4.78 is 0. The first-order valence-electron chi connectivity index (χ1n) is 7.93. The van der Waals surface area contributed by atoms with E-state index in [4.69, 9.17) is 11.5 Å². The molecule has 0 atom stereocenters. The van der Waals surface area contributed by atoms with E-state index in [0.717, 1.165) is 5.56 Å². The minimum absolute atomic E-state index is 0.0554. The van der Waals surface area contributed by atoms with Crippen LogP contribution >= 0.6 is 0 Å². The third kappa shape index (κ3) is 4.47. The van der Waals surface area contributed by atoms with Crippen molar-refractivity contribution in [3.05, 3.63) is 59.2 Å². The van der Waals surface area contributed by atoms with Crippen LogP contribution in [0.1, 0.15) is 23.6 Å². The summed E-state index contributed by atoms with van der Waals surface area (Å²) in [5.41, 5.74) is 13.8. The molecule has 1 amide bonds. The summed E-state index contributed by atoms with van der Waals surface area (Å²) in [6.45, 7) is 1.95. The van der Waals surface area contributed by atoms with E-state index in [1.54, 1.807) is 30.3 Å².